The van der Waals surface area contributed by atoms with E-state index in [1.54, 1.807) is 6.92 Å². The number of nitrogens with one attached hydrogen (secondary N) is 1. The van der Waals surface area contributed by atoms with Gasteiger partial charge in [0, 0.05) is 30.6 Å². The Labute approximate surface area is 112 Å². The second kappa shape index (κ2) is 4.70. The minimum absolute atomic E-state index is 0.0520. The molecule has 1 amide bonds. The van der Waals surface area contributed by atoms with Crippen molar-refractivity contribution in [1.29, 1.82) is 0 Å². The molecular formula is C15H18N2O2. The largest absolute Gasteiger partial charge is 0.393 e. The lowest BCUT2D eigenvalue weighted by atomic mass is 10.0. The third kappa shape index (κ3) is 2.12. The zero-order valence-electron chi connectivity index (χ0n) is 11.0. The fourth-order valence-corrected chi connectivity index (χ4v) is 2.80. The Balaban J connectivity index is 1.87. The molecule has 1 fully saturated rings. The number of carbonyl (C=O) groups is 1. The van der Waals surface area contributed by atoms with Crippen molar-refractivity contribution < 1.29 is 9.90 Å². The number of fused-ring (bicyclic) bond motifs is 1. The van der Waals surface area contributed by atoms with Gasteiger partial charge in [0.25, 0.3) is 5.91 Å². The summed E-state index contributed by atoms with van der Waals surface area (Å²) in [7, 11) is 0. The molecule has 100 valence electrons. The monoisotopic (exact) mass is 258 g/mol. The lowest BCUT2D eigenvalue weighted by molar-refractivity contribution is 0.0764. The number of aromatic nitrogens is 1. The van der Waals surface area contributed by atoms with Crippen LogP contribution in [0.4, 0.5) is 0 Å². The predicted molar refractivity (Wildman–Crippen MR) is 74.0 cm³/mol. The van der Waals surface area contributed by atoms with Gasteiger partial charge in [-0.2, -0.15) is 0 Å². The summed E-state index contributed by atoms with van der Waals surface area (Å²) >= 11 is 0. The second-order valence-corrected chi connectivity index (χ2v) is 5.29. The van der Waals surface area contributed by atoms with Gasteiger partial charge in [-0.15, -0.1) is 0 Å². The molecule has 2 atom stereocenters. The van der Waals surface area contributed by atoms with Crippen LogP contribution >= 0.6 is 0 Å². The van der Waals surface area contributed by atoms with E-state index in [9.17, 15) is 9.90 Å². The van der Waals surface area contributed by atoms with Gasteiger partial charge in [0.1, 0.15) is 0 Å². The predicted octanol–water partition coefficient (Wildman–Crippen LogP) is 2.01. The van der Waals surface area contributed by atoms with Crippen molar-refractivity contribution in [2.24, 2.45) is 5.92 Å². The summed E-state index contributed by atoms with van der Waals surface area (Å²) in [6.07, 6.45) is 2.38. The van der Waals surface area contributed by atoms with E-state index >= 15 is 0 Å². The molecule has 4 heteroatoms. The summed E-state index contributed by atoms with van der Waals surface area (Å²) in [5.41, 5.74) is 1.61. The Morgan fingerprint density at radius 1 is 1.47 bits per heavy atom. The van der Waals surface area contributed by atoms with E-state index in [1.165, 1.54) is 0 Å². The molecule has 0 saturated carbocycles. The molecule has 1 saturated heterocycles. The van der Waals surface area contributed by atoms with Gasteiger partial charge in [0.05, 0.1) is 17.2 Å². The Bertz CT molecular complexity index is 603. The number of carbonyl (C=O) groups excluding carboxylic acids is 1. The first-order valence-electron chi connectivity index (χ1n) is 6.70. The van der Waals surface area contributed by atoms with Crippen LogP contribution in [0.15, 0.2) is 30.5 Å². The molecule has 4 nitrogen and oxygen atoms in total. The van der Waals surface area contributed by atoms with Crippen molar-refractivity contribution in [3.8, 4) is 0 Å². The molecule has 1 aromatic heterocycles. The van der Waals surface area contributed by atoms with Crippen molar-refractivity contribution >= 4 is 16.8 Å². The minimum atomic E-state index is -0.348. The standard InChI is InChI=1S/C15H18N2O2/c1-10(18)12-6-8-17(9-12)15(19)13-4-2-3-11-5-7-16-14(11)13/h2-5,7,10,12,16,18H,6,8-9H2,1H3. The molecular weight excluding hydrogens is 240 g/mol. The van der Waals surface area contributed by atoms with E-state index in [2.05, 4.69) is 4.98 Å². The van der Waals surface area contributed by atoms with Gasteiger partial charge in [-0.3, -0.25) is 4.79 Å². The maximum absolute atomic E-state index is 12.6. The average Bonchev–Trinajstić information content (AvgIpc) is 3.06. The summed E-state index contributed by atoms with van der Waals surface area (Å²) in [5, 5.41) is 10.7. The third-order valence-electron chi connectivity index (χ3n) is 4.01. The summed E-state index contributed by atoms with van der Waals surface area (Å²) < 4.78 is 0. The van der Waals surface area contributed by atoms with E-state index in [-0.39, 0.29) is 17.9 Å². The SMILES string of the molecule is CC(O)C1CCN(C(=O)c2cccc3cc[nH]c23)C1. The summed E-state index contributed by atoms with van der Waals surface area (Å²) in [4.78, 5) is 17.5. The minimum Gasteiger partial charge on any atom is -0.393 e. The van der Waals surface area contributed by atoms with Crippen LogP contribution in [0.3, 0.4) is 0 Å². The first-order valence-corrected chi connectivity index (χ1v) is 6.70. The van der Waals surface area contributed by atoms with Crippen LogP contribution in [0.25, 0.3) is 10.9 Å². The molecule has 2 aromatic rings. The Morgan fingerprint density at radius 2 is 2.32 bits per heavy atom. The number of hydrogen-bond acceptors (Lipinski definition) is 2. The van der Waals surface area contributed by atoms with Crippen LogP contribution in [-0.4, -0.2) is 40.1 Å². The molecule has 0 bridgehead atoms. The van der Waals surface area contributed by atoms with Crippen LogP contribution in [0.2, 0.25) is 0 Å². The molecule has 0 aliphatic carbocycles. The number of likely N-dealkylation sites (tertiary alicyclic amines) is 1. The van der Waals surface area contributed by atoms with Crippen LogP contribution in [0, 0.1) is 5.92 Å². The average molecular weight is 258 g/mol. The number of H-pyrrole nitrogens is 1. The fourth-order valence-electron chi connectivity index (χ4n) is 2.80. The third-order valence-corrected chi connectivity index (χ3v) is 4.01. The van der Waals surface area contributed by atoms with E-state index in [1.807, 2.05) is 35.4 Å². The number of aliphatic hydroxyl groups excluding tert-OH is 1. The first-order chi connectivity index (χ1) is 9.16. The Kier molecular flexibility index (Phi) is 3.03. The molecule has 2 heterocycles. The molecule has 19 heavy (non-hydrogen) atoms. The zero-order chi connectivity index (χ0) is 13.4. The van der Waals surface area contributed by atoms with Gasteiger partial charge in [0.15, 0.2) is 0 Å². The van der Waals surface area contributed by atoms with Crippen LogP contribution in [0.1, 0.15) is 23.7 Å². The van der Waals surface area contributed by atoms with Crippen molar-refractivity contribution in [1.82, 2.24) is 9.88 Å². The van der Waals surface area contributed by atoms with Gasteiger partial charge < -0.3 is 15.0 Å². The van der Waals surface area contributed by atoms with Crippen molar-refractivity contribution in [2.75, 3.05) is 13.1 Å². The quantitative estimate of drug-likeness (QED) is 0.865. The highest BCUT2D eigenvalue weighted by Crippen LogP contribution is 2.24. The maximum atomic E-state index is 12.6. The van der Waals surface area contributed by atoms with Crippen LogP contribution in [0.5, 0.6) is 0 Å². The molecule has 3 rings (SSSR count). The van der Waals surface area contributed by atoms with E-state index in [0.717, 1.165) is 23.9 Å². The Morgan fingerprint density at radius 3 is 3.05 bits per heavy atom. The highest BCUT2D eigenvalue weighted by atomic mass is 16.3. The van der Waals surface area contributed by atoms with E-state index in [0.29, 0.717) is 12.1 Å². The molecule has 1 aliphatic heterocycles. The topological polar surface area (TPSA) is 56.3 Å². The lowest BCUT2D eigenvalue weighted by Crippen LogP contribution is -2.30. The van der Waals surface area contributed by atoms with Crippen molar-refractivity contribution in [3.05, 3.63) is 36.0 Å². The Hall–Kier alpha value is -1.81. The number of aliphatic hydroxyl groups is 1. The molecule has 0 radical (unpaired) electrons. The number of amides is 1. The fraction of sp³-hybridized carbons (Fsp3) is 0.400. The number of rotatable bonds is 2. The van der Waals surface area contributed by atoms with Gasteiger partial charge in [-0.25, -0.2) is 0 Å². The van der Waals surface area contributed by atoms with Crippen molar-refractivity contribution in [2.45, 2.75) is 19.4 Å². The van der Waals surface area contributed by atoms with Crippen molar-refractivity contribution in [3.63, 3.8) is 0 Å². The number of para-hydroxylation sites is 1. The second-order valence-electron chi connectivity index (χ2n) is 5.29. The van der Waals surface area contributed by atoms with E-state index < -0.39 is 0 Å². The molecule has 1 aliphatic rings. The van der Waals surface area contributed by atoms with Crippen LogP contribution in [-0.2, 0) is 0 Å². The lowest BCUT2D eigenvalue weighted by Gasteiger charge is -2.18. The van der Waals surface area contributed by atoms with Gasteiger partial charge in [-0.05, 0) is 25.5 Å². The highest BCUT2D eigenvalue weighted by Gasteiger charge is 2.30. The smallest absolute Gasteiger partial charge is 0.255 e. The summed E-state index contributed by atoms with van der Waals surface area (Å²) in [6, 6.07) is 7.72. The molecule has 1 aromatic carbocycles. The number of hydrogen-bond donors (Lipinski definition) is 2. The van der Waals surface area contributed by atoms with Gasteiger partial charge in [-0.1, -0.05) is 12.1 Å². The van der Waals surface area contributed by atoms with Gasteiger partial charge >= 0.3 is 0 Å². The normalized spacial score (nSPS) is 20.9. The molecule has 0 spiro atoms. The van der Waals surface area contributed by atoms with Crippen LogP contribution < -0.4 is 0 Å². The molecule has 2 N–H and O–H groups in total. The number of aromatic amines is 1. The maximum Gasteiger partial charge on any atom is 0.255 e. The number of benzene rings is 1. The summed E-state index contributed by atoms with van der Waals surface area (Å²) in [5.74, 6) is 0.253. The number of nitrogens with zero attached hydrogens (tertiary/aromatic N) is 1. The summed E-state index contributed by atoms with van der Waals surface area (Å²) in [6.45, 7) is 3.17. The van der Waals surface area contributed by atoms with Gasteiger partial charge in [0.2, 0.25) is 0 Å². The highest BCUT2D eigenvalue weighted by molar-refractivity contribution is 6.05. The molecule has 2 unspecified atom stereocenters. The zero-order valence-corrected chi connectivity index (χ0v) is 11.0. The van der Waals surface area contributed by atoms with E-state index in [4.69, 9.17) is 0 Å². The first kappa shape index (κ1) is 12.2.